The fraction of sp³-hybridized carbons (Fsp3) is 0.200. The topological polar surface area (TPSA) is 49.4 Å². The van der Waals surface area contributed by atoms with Gasteiger partial charge in [0.1, 0.15) is 11.2 Å². The van der Waals surface area contributed by atoms with Crippen molar-refractivity contribution in [3.05, 3.63) is 95.3 Å². The second kappa shape index (κ2) is 8.94. The lowest BCUT2D eigenvalue weighted by Crippen LogP contribution is -2.29. The highest BCUT2D eigenvalue weighted by atomic mass is 32.2. The molecule has 0 aliphatic carbocycles. The summed E-state index contributed by atoms with van der Waals surface area (Å²) in [6.45, 7) is 4.21. The van der Waals surface area contributed by atoms with Gasteiger partial charge in [0, 0.05) is 22.5 Å². The first-order valence-electron chi connectivity index (χ1n) is 10.1. The van der Waals surface area contributed by atoms with Crippen molar-refractivity contribution in [3.8, 4) is 0 Å². The molecule has 6 heteroatoms. The molecule has 0 bridgehead atoms. The Morgan fingerprint density at radius 2 is 1.81 bits per heavy atom. The van der Waals surface area contributed by atoms with E-state index in [1.54, 1.807) is 6.07 Å². The summed E-state index contributed by atoms with van der Waals surface area (Å²) < 4.78 is 13.5. The Kier molecular flexibility index (Phi) is 6.09. The lowest BCUT2D eigenvalue weighted by atomic mass is 10.00. The third-order valence-corrected chi connectivity index (χ3v) is 6.44. The van der Waals surface area contributed by atoms with Crippen LogP contribution in [0.4, 0.5) is 15.8 Å². The summed E-state index contributed by atoms with van der Waals surface area (Å²) in [5.74, 6) is -0.194. The van der Waals surface area contributed by atoms with Crippen molar-refractivity contribution in [2.45, 2.75) is 25.1 Å². The van der Waals surface area contributed by atoms with Gasteiger partial charge in [-0.05, 0) is 41.8 Å². The fourth-order valence-corrected chi connectivity index (χ4v) is 4.96. The molecule has 0 aromatic heterocycles. The zero-order valence-electron chi connectivity index (χ0n) is 17.3. The lowest BCUT2D eigenvalue weighted by molar-refractivity contribution is -0.115. The van der Waals surface area contributed by atoms with Crippen molar-refractivity contribution in [1.29, 1.82) is 0 Å². The van der Waals surface area contributed by atoms with Crippen LogP contribution < -0.4 is 10.2 Å². The summed E-state index contributed by atoms with van der Waals surface area (Å²) in [5, 5.41) is 2.63. The van der Waals surface area contributed by atoms with Crippen LogP contribution in [-0.4, -0.2) is 17.6 Å². The average Bonchev–Trinajstić information content (AvgIpc) is 3.15. The Labute approximate surface area is 185 Å². The van der Waals surface area contributed by atoms with Gasteiger partial charge in [0.15, 0.2) is 0 Å². The monoisotopic (exact) mass is 434 g/mol. The minimum Gasteiger partial charge on any atom is -0.322 e. The van der Waals surface area contributed by atoms with Gasteiger partial charge in [-0.25, -0.2) is 4.39 Å². The van der Waals surface area contributed by atoms with Gasteiger partial charge in [0.25, 0.3) is 5.91 Å². The normalized spacial score (nSPS) is 16.1. The molecule has 158 valence electrons. The van der Waals surface area contributed by atoms with E-state index in [-0.39, 0.29) is 22.8 Å². The number of benzene rings is 3. The summed E-state index contributed by atoms with van der Waals surface area (Å²) in [5.41, 5.74) is 3.68. The molecule has 4 rings (SSSR count). The minimum atomic E-state index is -0.464. The van der Waals surface area contributed by atoms with Crippen LogP contribution in [0.15, 0.2) is 72.8 Å². The molecule has 1 aliphatic heterocycles. The van der Waals surface area contributed by atoms with E-state index in [0.717, 1.165) is 16.8 Å². The molecule has 4 nitrogen and oxygen atoms in total. The first-order valence-corrected chi connectivity index (χ1v) is 11.2. The van der Waals surface area contributed by atoms with Gasteiger partial charge in [-0.15, -0.1) is 11.8 Å². The molecular formula is C25H23FN2O2S. The number of hydrogen-bond donors (Lipinski definition) is 1. The predicted octanol–water partition coefficient (Wildman–Crippen LogP) is 5.98. The third kappa shape index (κ3) is 4.35. The molecule has 1 saturated heterocycles. The Morgan fingerprint density at radius 3 is 2.58 bits per heavy atom. The minimum absolute atomic E-state index is 0.0364. The van der Waals surface area contributed by atoms with Crippen molar-refractivity contribution in [2.75, 3.05) is 16.0 Å². The van der Waals surface area contributed by atoms with Crippen molar-refractivity contribution < 1.29 is 14.0 Å². The maximum absolute atomic E-state index is 13.5. The number of thioether (sulfide) groups is 1. The molecule has 1 heterocycles. The number of amides is 2. The van der Waals surface area contributed by atoms with E-state index in [1.165, 1.54) is 30.0 Å². The van der Waals surface area contributed by atoms with E-state index in [1.807, 2.05) is 53.4 Å². The van der Waals surface area contributed by atoms with Crippen LogP contribution in [-0.2, 0) is 4.79 Å². The lowest BCUT2D eigenvalue weighted by Gasteiger charge is -2.29. The number of rotatable bonds is 5. The number of nitrogens with zero attached hydrogens (tertiary/aromatic N) is 1. The highest BCUT2D eigenvalue weighted by Gasteiger charge is 2.36. The quantitative estimate of drug-likeness (QED) is 0.537. The molecule has 1 unspecified atom stereocenters. The Balaban J connectivity index is 1.70. The molecule has 1 atom stereocenters. The van der Waals surface area contributed by atoms with Crippen LogP contribution in [0.3, 0.4) is 0 Å². The molecule has 31 heavy (non-hydrogen) atoms. The van der Waals surface area contributed by atoms with Crippen LogP contribution in [0, 0.1) is 5.82 Å². The maximum Gasteiger partial charge on any atom is 0.255 e. The summed E-state index contributed by atoms with van der Waals surface area (Å²) in [4.78, 5) is 27.5. The Hall–Kier alpha value is -3.12. The maximum atomic E-state index is 13.5. The number of carbonyl (C=O) groups is 2. The van der Waals surface area contributed by atoms with Crippen LogP contribution in [0.1, 0.15) is 46.6 Å². The zero-order valence-corrected chi connectivity index (χ0v) is 18.2. The molecule has 0 radical (unpaired) electrons. The van der Waals surface area contributed by atoms with Crippen molar-refractivity contribution in [3.63, 3.8) is 0 Å². The van der Waals surface area contributed by atoms with Crippen molar-refractivity contribution in [1.82, 2.24) is 0 Å². The first kappa shape index (κ1) is 21.1. The summed E-state index contributed by atoms with van der Waals surface area (Å²) in [6, 6.07) is 21.0. The van der Waals surface area contributed by atoms with Gasteiger partial charge in [-0.3, -0.25) is 14.5 Å². The number of hydrogen-bond acceptors (Lipinski definition) is 3. The van der Waals surface area contributed by atoms with E-state index in [4.69, 9.17) is 0 Å². The van der Waals surface area contributed by atoms with Crippen LogP contribution in [0.5, 0.6) is 0 Å². The third-order valence-electron chi connectivity index (χ3n) is 5.25. The molecular weight excluding hydrogens is 411 g/mol. The zero-order chi connectivity index (χ0) is 22.0. The number of carbonyl (C=O) groups excluding carboxylic acids is 2. The van der Waals surface area contributed by atoms with E-state index in [2.05, 4.69) is 19.2 Å². The van der Waals surface area contributed by atoms with Crippen molar-refractivity contribution >= 4 is 35.0 Å². The molecule has 0 saturated carbocycles. The fourth-order valence-electron chi connectivity index (χ4n) is 3.76. The smallest absolute Gasteiger partial charge is 0.255 e. The first-order chi connectivity index (χ1) is 15.0. The molecule has 3 aromatic carbocycles. The number of halogens is 1. The standard InChI is InChI=1S/C25H23FN2O2S/c1-16(2)19-10-4-6-13-22(19)28-23(29)15-31-25(28)20-11-3-5-12-21(20)27-24(30)17-8-7-9-18(26)14-17/h3-14,16,25H,15H2,1-2H3,(H,27,30). The summed E-state index contributed by atoms with van der Waals surface area (Å²) in [6.07, 6.45) is 0. The second-order valence-electron chi connectivity index (χ2n) is 7.69. The van der Waals surface area contributed by atoms with E-state index in [0.29, 0.717) is 11.4 Å². The molecule has 2 amide bonds. The predicted molar refractivity (Wildman–Crippen MR) is 124 cm³/mol. The SMILES string of the molecule is CC(C)c1ccccc1N1C(=O)CSC1c1ccccc1NC(=O)c1cccc(F)c1. The van der Waals surface area contributed by atoms with Gasteiger partial charge in [0.2, 0.25) is 5.91 Å². The van der Waals surface area contributed by atoms with Gasteiger partial charge < -0.3 is 5.32 Å². The number of para-hydroxylation sites is 2. The van der Waals surface area contributed by atoms with Gasteiger partial charge in [0.05, 0.1) is 5.75 Å². The van der Waals surface area contributed by atoms with Crippen LogP contribution in [0.2, 0.25) is 0 Å². The second-order valence-corrected chi connectivity index (χ2v) is 8.76. The highest BCUT2D eigenvalue weighted by molar-refractivity contribution is 8.00. The Morgan fingerprint density at radius 1 is 1.06 bits per heavy atom. The van der Waals surface area contributed by atoms with E-state index < -0.39 is 11.7 Å². The molecule has 0 spiro atoms. The molecule has 1 fully saturated rings. The van der Waals surface area contributed by atoms with E-state index in [9.17, 15) is 14.0 Å². The van der Waals surface area contributed by atoms with Crippen LogP contribution in [0.25, 0.3) is 0 Å². The van der Waals surface area contributed by atoms with Crippen LogP contribution >= 0.6 is 11.8 Å². The van der Waals surface area contributed by atoms with Crippen molar-refractivity contribution in [2.24, 2.45) is 0 Å². The number of anilines is 2. The van der Waals surface area contributed by atoms with E-state index >= 15 is 0 Å². The number of nitrogens with one attached hydrogen (secondary N) is 1. The average molecular weight is 435 g/mol. The van der Waals surface area contributed by atoms with Gasteiger partial charge in [-0.1, -0.05) is 56.3 Å². The largest absolute Gasteiger partial charge is 0.322 e. The Bertz CT molecular complexity index is 1130. The summed E-state index contributed by atoms with van der Waals surface area (Å²) >= 11 is 1.53. The summed E-state index contributed by atoms with van der Waals surface area (Å²) in [7, 11) is 0. The van der Waals surface area contributed by atoms with Gasteiger partial charge >= 0.3 is 0 Å². The van der Waals surface area contributed by atoms with Gasteiger partial charge in [-0.2, -0.15) is 0 Å². The highest BCUT2D eigenvalue weighted by Crippen LogP contribution is 2.46. The molecule has 1 N–H and O–H groups in total. The molecule has 3 aromatic rings. The molecule has 1 aliphatic rings.